The van der Waals surface area contributed by atoms with Crippen LogP contribution >= 0.6 is 24.0 Å². The van der Waals surface area contributed by atoms with Crippen LogP contribution in [-0.2, 0) is 9.53 Å². The van der Waals surface area contributed by atoms with Crippen LogP contribution in [0, 0.1) is 6.92 Å². The zero-order chi connectivity index (χ0) is 16.7. The predicted octanol–water partition coefficient (Wildman–Crippen LogP) is 2.81. The molecule has 2 N–H and O–H groups in total. The number of nitrogens with zero attached hydrogens (tertiary/aromatic N) is 1. The lowest BCUT2D eigenvalue weighted by atomic mass is 10.1. The SMILES string of the molecule is Cc1cc(Cl)ccc1OCC(=O)N1CCC(OCCCN)CC1.Cl. The van der Waals surface area contributed by atoms with Crippen molar-refractivity contribution in [1.29, 1.82) is 0 Å². The Bertz CT molecular complexity index is 521. The second kappa shape index (κ2) is 10.8. The van der Waals surface area contributed by atoms with Gasteiger partial charge in [0.25, 0.3) is 5.91 Å². The maximum absolute atomic E-state index is 12.2. The highest BCUT2D eigenvalue weighted by molar-refractivity contribution is 6.30. The van der Waals surface area contributed by atoms with Gasteiger partial charge in [-0.2, -0.15) is 0 Å². The number of ether oxygens (including phenoxy) is 2. The normalized spacial score (nSPS) is 15.0. The van der Waals surface area contributed by atoms with E-state index in [0.717, 1.165) is 37.9 Å². The summed E-state index contributed by atoms with van der Waals surface area (Å²) in [4.78, 5) is 14.1. The standard InChI is InChI=1S/C17H25ClN2O3.ClH/c1-13-11-14(18)3-4-16(13)23-12-17(21)20-8-5-15(6-9-20)22-10-2-7-19;/h3-4,11,15H,2,5-10,12,19H2,1H3;1H. The van der Waals surface area contributed by atoms with Gasteiger partial charge in [-0.15, -0.1) is 12.4 Å². The molecule has 1 aromatic carbocycles. The molecule has 0 spiro atoms. The van der Waals surface area contributed by atoms with Gasteiger partial charge >= 0.3 is 0 Å². The van der Waals surface area contributed by atoms with E-state index in [1.807, 2.05) is 17.9 Å². The van der Waals surface area contributed by atoms with E-state index in [4.69, 9.17) is 26.8 Å². The third-order valence-electron chi connectivity index (χ3n) is 3.98. The van der Waals surface area contributed by atoms with Crippen molar-refractivity contribution in [3.05, 3.63) is 28.8 Å². The lowest BCUT2D eigenvalue weighted by Gasteiger charge is -2.32. The molecule has 1 amide bonds. The Balaban J connectivity index is 0.00000288. The number of hydrogen-bond donors (Lipinski definition) is 1. The molecule has 7 heteroatoms. The maximum atomic E-state index is 12.2. The lowest BCUT2D eigenvalue weighted by Crippen LogP contribution is -2.43. The molecule has 0 radical (unpaired) electrons. The topological polar surface area (TPSA) is 64.8 Å². The van der Waals surface area contributed by atoms with Crippen molar-refractivity contribution >= 4 is 29.9 Å². The van der Waals surface area contributed by atoms with Crippen LogP contribution in [0.1, 0.15) is 24.8 Å². The first-order valence-electron chi connectivity index (χ1n) is 8.08. The van der Waals surface area contributed by atoms with Gasteiger partial charge in [0.05, 0.1) is 6.10 Å². The second-order valence-corrected chi connectivity index (χ2v) is 6.23. The highest BCUT2D eigenvalue weighted by Gasteiger charge is 2.23. The number of aryl methyl sites for hydroxylation is 1. The first-order valence-corrected chi connectivity index (χ1v) is 8.46. The summed E-state index contributed by atoms with van der Waals surface area (Å²) in [5, 5.41) is 0.665. The number of carbonyl (C=O) groups is 1. The van der Waals surface area contributed by atoms with Crippen LogP contribution in [0.5, 0.6) is 5.75 Å². The fourth-order valence-electron chi connectivity index (χ4n) is 2.61. The fraction of sp³-hybridized carbons (Fsp3) is 0.588. The molecule has 1 saturated heterocycles. The van der Waals surface area contributed by atoms with E-state index in [0.29, 0.717) is 23.9 Å². The lowest BCUT2D eigenvalue weighted by molar-refractivity contribution is -0.136. The van der Waals surface area contributed by atoms with Crippen molar-refractivity contribution in [2.45, 2.75) is 32.3 Å². The van der Waals surface area contributed by atoms with Crippen molar-refractivity contribution in [1.82, 2.24) is 4.90 Å². The van der Waals surface area contributed by atoms with Crippen LogP contribution in [0.15, 0.2) is 18.2 Å². The van der Waals surface area contributed by atoms with E-state index in [1.54, 1.807) is 12.1 Å². The molecular formula is C17H26Cl2N2O3. The van der Waals surface area contributed by atoms with E-state index < -0.39 is 0 Å². The number of halogens is 2. The Morgan fingerprint density at radius 1 is 1.38 bits per heavy atom. The molecule has 0 aliphatic carbocycles. The van der Waals surface area contributed by atoms with Gasteiger partial charge in [-0.05, 0) is 56.5 Å². The second-order valence-electron chi connectivity index (χ2n) is 5.79. The molecule has 24 heavy (non-hydrogen) atoms. The zero-order valence-electron chi connectivity index (χ0n) is 14.0. The number of likely N-dealkylation sites (tertiary alicyclic amines) is 1. The van der Waals surface area contributed by atoms with Crippen molar-refractivity contribution in [3.63, 3.8) is 0 Å². The number of carbonyl (C=O) groups excluding carboxylic acids is 1. The molecule has 0 bridgehead atoms. The molecule has 1 aromatic rings. The Morgan fingerprint density at radius 2 is 2.08 bits per heavy atom. The third kappa shape index (κ3) is 6.48. The number of piperidine rings is 1. The van der Waals surface area contributed by atoms with Crippen molar-refractivity contribution in [3.8, 4) is 5.75 Å². The van der Waals surface area contributed by atoms with Gasteiger partial charge in [-0.1, -0.05) is 11.6 Å². The molecular weight excluding hydrogens is 351 g/mol. The number of benzene rings is 1. The van der Waals surface area contributed by atoms with Crippen LogP contribution in [0.2, 0.25) is 5.02 Å². The minimum atomic E-state index is 0. The summed E-state index contributed by atoms with van der Waals surface area (Å²) in [6, 6.07) is 5.38. The summed E-state index contributed by atoms with van der Waals surface area (Å²) in [5.74, 6) is 0.711. The number of amides is 1. The molecule has 0 aromatic heterocycles. The van der Waals surface area contributed by atoms with Crippen molar-refractivity contribution < 1.29 is 14.3 Å². The molecule has 1 heterocycles. The molecule has 0 unspecified atom stereocenters. The van der Waals surface area contributed by atoms with Crippen LogP contribution in [-0.4, -0.2) is 49.8 Å². The minimum Gasteiger partial charge on any atom is -0.483 e. The van der Waals surface area contributed by atoms with Gasteiger partial charge < -0.3 is 20.1 Å². The van der Waals surface area contributed by atoms with Crippen molar-refractivity contribution in [2.75, 3.05) is 32.8 Å². The van der Waals surface area contributed by atoms with Crippen LogP contribution in [0.4, 0.5) is 0 Å². The molecule has 0 saturated carbocycles. The molecule has 1 aliphatic heterocycles. The third-order valence-corrected chi connectivity index (χ3v) is 4.22. The van der Waals surface area contributed by atoms with Gasteiger partial charge in [-0.25, -0.2) is 0 Å². The van der Waals surface area contributed by atoms with Crippen LogP contribution in [0.3, 0.4) is 0 Å². The van der Waals surface area contributed by atoms with E-state index in [9.17, 15) is 4.79 Å². The van der Waals surface area contributed by atoms with E-state index >= 15 is 0 Å². The molecule has 5 nitrogen and oxygen atoms in total. The van der Waals surface area contributed by atoms with Gasteiger partial charge in [0.1, 0.15) is 5.75 Å². The maximum Gasteiger partial charge on any atom is 0.260 e. The van der Waals surface area contributed by atoms with E-state index in [1.165, 1.54) is 0 Å². The largest absolute Gasteiger partial charge is 0.483 e. The van der Waals surface area contributed by atoms with Gasteiger partial charge in [0.2, 0.25) is 0 Å². The Morgan fingerprint density at radius 3 is 2.71 bits per heavy atom. The first kappa shape index (κ1) is 21.0. The summed E-state index contributed by atoms with van der Waals surface area (Å²) < 4.78 is 11.4. The highest BCUT2D eigenvalue weighted by Crippen LogP contribution is 2.22. The van der Waals surface area contributed by atoms with E-state index in [2.05, 4.69) is 0 Å². The number of nitrogens with two attached hydrogens (primary N) is 1. The molecule has 1 fully saturated rings. The average Bonchev–Trinajstić information content (AvgIpc) is 2.55. The highest BCUT2D eigenvalue weighted by atomic mass is 35.5. The molecule has 0 atom stereocenters. The molecule has 136 valence electrons. The summed E-state index contributed by atoms with van der Waals surface area (Å²) >= 11 is 5.91. The number of rotatable bonds is 7. The molecule has 1 aliphatic rings. The van der Waals surface area contributed by atoms with Gasteiger partial charge in [0, 0.05) is 24.7 Å². The summed E-state index contributed by atoms with van der Waals surface area (Å²) in [7, 11) is 0. The quantitative estimate of drug-likeness (QED) is 0.743. The Kier molecular flexibility index (Phi) is 9.44. The van der Waals surface area contributed by atoms with E-state index in [-0.39, 0.29) is 31.0 Å². The van der Waals surface area contributed by atoms with Gasteiger partial charge in [-0.3, -0.25) is 4.79 Å². The zero-order valence-corrected chi connectivity index (χ0v) is 15.6. The summed E-state index contributed by atoms with van der Waals surface area (Å²) in [6.07, 6.45) is 2.87. The minimum absolute atomic E-state index is 0. The number of hydrogen-bond acceptors (Lipinski definition) is 4. The molecule has 2 rings (SSSR count). The van der Waals surface area contributed by atoms with Crippen LogP contribution in [0.25, 0.3) is 0 Å². The van der Waals surface area contributed by atoms with Crippen LogP contribution < -0.4 is 10.5 Å². The monoisotopic (exact) mass is 376 g/mol. The van der Waals surface area contributed by atoms with Gasteiger partial charge in [0.15, 0.2) is 6.61 Å². The predicted molar refractivity (Wildman–Crippen MR) is 98.2 cm³/mol. The fourth-order valence-corrected chi connectivity index (χ4v) is 2.84. The van der Waals surface area contributed by atoms with Crippen molar-refractivity contribution in [2.24, 2.45) is 5.73 Å². The first-order chi connectivity index (χ1) is 11.1. The summed E-state index contributed by atoms with van der Waals surface area (Å²) in [5.41, 5.74) is 6.38. The Hall–Kier alpha value is -1.01. The average molecular weight is 377 g/mol. The smallest absolute Gasteiger partial charge is 0.260 e. The summed E-state index contributed by atoms with van der Waals surface area (Å²) in [6.45, 7) is 4.76. The Labute approximate surface area is 154 Å².